The molecule has 6 nitrogen and oxygen atoms in total. The molecular formula is C29H59O6PS. The second-order valence-corrected chi connectivity index (χ2v) is 12.0. The highest BCUT2D eigenvalue weighted by molar-refractivity contribution is 7.80. The fraction of sp³-hybridized carbons (Fsp3) is 0.966. The van der Waals surface area contributed by atoms with Crippen molar-refractivity contribution >= 4 is 27.1 Å². The van der Waals surface area contributed by atoms with Gasteiger partial charge in [-0.1, -0.05) is 130 Å². The summed E-state index contributed by atoms with van der Waals surface area (Å²) in [7, 11) is -1.95. The highest BCUT2D eigenvalue weighted by Crippen LogP contribution is 2.30. The fourth-order valence-corrected chi connectivity index (χ4v) is 5.44. The molecule has 0 heterocycles. The van der Waals surface area contributed by atoms with E-state index in [-0.39, 0.29) is 12.0 Å². The van der Waals surface area contributed by atoms with Crippen molar-refractivity contribution in [1.82, 2.24) is 0 Å². The first-order valence-corrected chi connectivity index (χ1v) is 16.8. The predicted molar refractivity (Wildman–Crippen MR) is 159 cm³/mol. The molecule has 0 spiro atoms. The van der Waals surface area contributed by atoms with Crippen LogP contribution in [0.1, 0.15) is 150 Å². The maximum absolute atomic E-state index is 12.0. The average molecular weight is 567 g/mol. The van der Waals surface area contributed by atoms with Gasteiger partial charge in [-0.05, 0) is 25.7 Å². The molecule has 0 amide bonds. The lowest BCUT2D eigenvalue weighted by Gasteiger charge is -2.29. The van der Waals surface area contributed by atoms with Crippen LogP contribution in [0.4, 0.5) is 0 Å². The van der Waals surface area contributed by atoms with Gasteiger partial charge < -0.3 is 23.9 Å². The van der Waals surface area contributed by atoms with Gasteiger partial charge in [0.25, 0.3) is 0 Å². The van der Waals surface area contributed by atoms with Crippen LogP contribution in [0.3, 0.4) is 0 Å². The van der Waals surface area contributed by atoms with Crippen LogP contribution in [-0.2, 0) is 23.6 Å². The maximum Gasteiger partial charge on any atom is 0.374 e. The Labute approximate surface area is 235 Å². The first-order chi connectivity index (χ1) is 17.9. The molecule has 0 aromatic rings. The summed E-state index contributed by atoms with van der Waals surface area (Å²) >= 11 is 4.67. The molecule has 37 heavy (non-hydrogen) atoms. The first-order valence-electron chi connectivity index (χ1n) is 15.2. The van der Waals surface area contributed by atoms with Crippen molar-refractivity contribution in [2.75, 3.05) is 6.61 Å². The number of hydrogen-bond donors (Lipinski definition) is 2. The molecule has 0 radical (unpaired) electrons. The molecule has 222 valence electrons. The molecule has 8 heteroatoms. The van der Waals surface area contributed by atoms with Crippen LogP contribution < -0.4 is 0 Å². The molecule has 0 aromatic carbocycles. The molecule has 1 N–H and O–H groups in total. The molecule has 0 aliphatic rings. The summed E-state index contributed by atoms with van der Waals surface area (Å²) in [6.07, 6.45) is 22.3. The van der Waals surface area contributed by atoms with Crippen molar-refractivity contribution in [3.8, 4) is 0 Å². The molecular weight excluding hydrogens is 507 g/mol. The zero-order valence-electron chi connectivity index (χ0n) is 24.4. The number of carbonyl (C=O) groups excluding carboxylic acids is 1. The Kier molecular flexibility index (Phi) is 24.9. The van der Waals surface area contributed by atoms with Crippen LogP contribution in [0.15, 0.2) is 0 Å². The number of esters is 1. The maximum atomic E-state index is 12.0. The van der Waals surface area contributed by atoms with Crippen LogP contribution >= 0.6 is 21.1 Å². The van der Waals surface area contributed by atoms with E-state index in [4.69, 9.17) is 14.2 Å². The molecule has 0 aliphatic carbocycles. The third-order valence-corrected chi connectivity index (χ3v) is 7.92. The number of carbonyl (C=O) groups is 1. The Morgan fingerprint density at radius 2 is 1.27 bits per heavy atom. The van der Waals surface area contributed by atoms with E-state index in [0.29, 0.717) is 12.3 Å². The second-order valence-electron chi connectivity index (χ2n) is 10.4. The number of hydrogen-bond acceptors (Lipinski definition) is 7. The topological polar surface area (TPSA) is 82.1 Å². The molecule has 0 rings (SSSR count). The minimum absolute atomic E-state index is 0.0652. The smallest absolute Gasteiger partial charge is 0.374 e. The molecule has 0 bridgehead atoms. The Morgan fingerprint density at radius 1 is 0.811 bits per heavy atom. The van der Waals surface area contributed by atoms with Crippen molar-refractivity contribution in [3.05, 3.63) is 0 Å². The molecule has 0 aromatic heterocycles. The SMILES string of the molecule is CCCCCCCCCCCCC(CCCCCCC)CC(S)OC(CC)OC(O)([PH2]=O)C(=O)OCC. The summed E-state index contributed by atoms with van der Waals surface area (Å²) < 4.78 is 27.8. The second kappa shape index (κ2) is 24.9. The van der Waals surface area contributed by atoms with E-state index in [9.17, 15) is 14.5 Å². The Morgan fingerprint density at radius 3 is 1.68 bits per heavy atom. The molecule has 0 fully saturated rings. The summed E-state index contributed by atoms with van der Waals surface area (Å²) in [6.45, 7) is 8.01. The van der Waals surface area contributed by atoms with Gasteiger partial charge in [-0.2, -0.15) is 0 Å². The van der Waals surface area contributed by atoms with Crippen molar-refractivity contribution in [3.63, 3.8) is 0 Å². The van der Waals surface area contributed by atoms with Gasteiger partial charge in [0.1, 0.15) is 13.9 Å². The zero-order chi connectivity index (χ0) is 27.8. The largest absolute Gasteiger partial charge is 0.462 e. The Hall–Kier alpha value is -0.0700. The summed E-state index contributed by atoms with van der Waals surface area (Å²) in [5, 5.41) is 10.4. The van der Waals surface area contributed by atoms with E-state index in [1.54, 1.807) is 6.92 Å². The highest BCUT2D eigenvalue weighted by Gasteiger charge is 2.41. The average Bonchev–Trinajstić information content (AvgIpc) is 2.88. The number of aliphatic hydroxyl groups is 1. The van der Waals surface area contributed by atoms with Crippen LogP contribution in [0.25, 0.3) is 0 Å². The van der Waals surface area contributed by atoms with E-state index in [1.165, 1.54) is 103 Å². The van der Waals surface area contributed by atoms with E-state index in [2.05, 4.69) is 26.5 Å². The Balaban J connectivity index is 4.63. The zero-order valence-corrected chi connectivity index (χ0v) is 26.4. The van der Waals surface area contributed by atoms with Crippen LogP contribution in [0.2, 0.25) is 0 Å². The number of thiol groups is 1. The fourth-order valence-electron chi connectivity index (χ4n) is 4.62. The van der Waals surface area contributed by atoms with Crippen molar-refractivity contribution in [2.45, 2.75) is 167 Å². The van der Waals surface area contributed by atoms with Gasteiger partial charge in [0.05, 0.1) is 6.61 Å². The van der Waals surface area contributed by atoms with Crippen molar-refractivity contribution in [2.24, 2.45) is 5.92 Å². The molecule has 0 saturated carbocycles. The normalized spacial score (nSPS) is 16.1. The van der Waals surface area contributed by atoms with E-state index in [1.807, 2.05) is 6.92 Å². The minimum Gasteiger partial charge on any atom is -0.462 e. The number of ether oxygens (including phenoxy) is 3. The summed E-state index contributed by atoms with van der Waals surface area (Å²) in [5.74, 6) is -0.520. The molecule has 5 unspecified atom stereocenters. The van der Waals surface area contributed by atoms with Crippen molar-refractivity contribution < 1.29 is 28.7 Å². The third kappa shape index (κ3) is 19.6. The van der Waals surface area contributed by atoms with Gasteiger partial charge in [0.2, 0.25) is 0 Å². The van der Waals surface area contributed by atoms with Gasteiger partial charge in [-0.15, -0.1) is 12.6 Å². The summed E-state index contributed by atoms with van der Waals surface area (Å²) in [5.41, 5.74) is -2.85. The van der Waals surface area contributed by atoms with Gasteiger partial charge in [0, 0.05) is 0 Å². The van der Waals surface area contributed by atoms with Gasteiger partial charge in [0.15, 0.2) is 6.29 Å². The summed E-state index contributed by atoms with van der Waals surface area (Å²) in [6, 6.07) is 0. The lowest BCUT2D eigenvalue weighted by molar-refractivity contribution is -0.258. The monoisotopic (exact) mass is 566 g/mol. The minimum atomic E-state index is -2.46. The number of unbranched alkanes of at least 4 members (excludes halogenated alkanes) is 13. The van der Waals surface area contributed by atoms with E-state index < -0.39 is 26.2 Å². The quantitative estimate of drug-likeness (QED) is 0.0340. The number of rotatable bonds is 27. The predicted octanol–water partition coefficient (Wildman–Crippen LogP) is 8.65. The summed E-state index contributed by atoms with van der Waals surface area (Å²) in [4.78, 5) is 12.0. The molecule has 5 atom stereocenters. The van der Waals surface area contributed by atoms with Crippen LogP contribution in [0, 0.1) is 5.92 Å². The van der Waals surface area contributed by atoms with E-state index in [0.717, 1.165) is 12.8 Å². The van der Waals surface area contributed by atoms with Gasteiger partial charge in [-0.3, -0.25) is 0 Å². The lowest BCUT2D eigenvalue weighted by atomic mass is 9.91. The molecule has 0 aliphatic heterocycles. The highest BCUT2D eigenvalue weighted by atomic mass is 32.1. The van der Waals surface area contributed by atoms with E-state index >= 15 is 0 Å². The first kappa shape index (κ1) is 36.9. The van der Waals surface area contributed by atoms with Gasteiger partial charge >= 0.3 is 11.5 Å². The van der Waals surface area contributed by atoms with Crippen molar-refractivity contribution in [1.29, 1.82) is 0 Å². The standard InChI is InChI=1S/C29H59O6PS/c1-5-9-11-13-14-15-16-17-19-21-23-25(22-20-18-12-10-6-2)24-27(37)34-26(7-3)35-29(31,36-32)28(30)33-8-4/h25-27,31,37H,5-24,36H2,1-4H3. The van der Waals surface area contributed by atoms with Gasteiger partial charge in [-0.25, -0.2) is 4.79 Å². The van der Waals surface area contributed by atoms with Crippen LogP contribution in [-0.4, -0.2) is 34.9 Å². The Bertz CT molecular complexity index is 552. The molecule has 0 saturated heterocycles. The third-order valence-electron chi connectivity index (χ3n) is 6.90. The lowest BCUT2D eigenvalue weighted by Crippen LogP contribution is -2.42. The van der Waals surface area contributed by atoms with Crippen LogP contribution in [0.5, 0.6) is 0 Å².